The normalized spacial score (nSPS) is 13.1. The van der Waals surface area contributed by atoms with E-state index in [4.69, 9.17) is 10.5 Å². The highest BCUT2D eigenvalue weighted by Gasteiger charge is 2.32. The Labute approximate surface area is 182 Å². The minimum Gasteiger partial charge on any atom is -0.449 e. The monoisotopic (exact) mass is 432 g/mol. The summed E-state index contributed by atoms with van der Waals surface area (Å²) < 4.78 is 18.3. The number of carbonyl (C=O) groups excluding carboxylic acids is 4. The number of nitrogens with one attached hydrogen (secondary N) is 1. The molecule has 1 atom stereocenters. The van der Waals surface area contributed by atoms with Crippen molar-refractivity contribution in [3.63, 3.8) is 0 Å². The molecular weight excluding hydrogens is 415 g/mol. The molecule has 0 bridgehead atoms. The van der Waals surface area contributed by atoms with E-state index in [1.54, 1.807) is 30.3 Å². The van der Waals surface area contributed by atoms with Gasteiger partial charge in [-0.2, -0.15) is 0 Å². The second-order valence-corrected chi connectivity index (χ2v) is 7.20. The van der Waals surface area contributed by atoms with Crippen molar-refractivity contribution in [2.24, 2.45) is 0 Å². The van der Waals surface area contributed by atoms with Crippen molar-refractivity contribution in [1.29, 1.82) is 0 Å². The average Bonchev–Trinajstić information content (AvgIpc) is 2.77. The van der Waals surface area contributed by atoms with E-state index in [0.29, 0.717) is 5.56 Å². The van der Waals surface area contributed by atoms with Gasteiger partial charge in [0.05, 0.1) is 16.8 Å². The number of hydrogen-bond acceptors (Lipinski definition) is 6. The summed E-state index contributed by atoms with van der Waals surface area (Å²) in [7, 11) is 0. The molecule has 32 heavy (non-hydrogen) atoms. The number of carbonyl (C=O) groups is 4. The highest BCUT2D eigenvalue weighted by Crippen LogP contribution is 2.32. The first kappa shape index (κ1) is 20.9. The van der Waals surface area contributed by atoms with E-state index < -0.39 is 29.6 Å². The SMILES string of the molecule is CC(OC(=O)c1ccc(F)cc1N)C(=O)Nc1cccc2c1C(=O)c1ccccc1C2=O. The van der Waals surface area contributed by atoms with Gasteiger partial charge in [-0.15, -0.1) is 0 Å². The maximum Gasteiger partial charge on any atom is 0.341 e. The molecule has 1 aliphatic carbocycles. The van der Waals surface area contributed by atoms with Crippen LogP contribution >= 0.6 is 0 Å². The number of fused-ring (bicyclic) bond motifs is 2. The van der Waals surface area contributed by atoms with Gasteiger partial charge in [-0.1, -0.05) is 36.4 Å². The number of halogens is 1. The number of nitrogen functional groups attached to an aromatic ring is 1. The number of nitrogens with two attached hydrogens (primary N) is 1. The number of ketones is 2. The molecule has 0 saturated carbocycles. The maximum absolute atomic E-state index is 13.2. The van der Waals surface area contributed by atoms with Gasteiger partial charge >= 0.3 is 5.97 Å². The van der Waals surface area contributed by atoms with Crippen molar-refractivity contribution in [3.05, 3.63) is 94.3 Å². The second-order valence-electron chi connectivity index (χ2n) is 7.20. The first-order valence-electron chi connectivity index (χ1n) is 9.66. The molecule has 160 valence electrons. The Morgan fingerprint density at radius 3 is 2.28 bits per heavy atom. The third kappa shape index (κ3) is 3.62. The van der Waals surface area contributed by atoms with Crippen LogP contribution in [-0.2, 0) is 9.53 Å². The first-order chi connectivity index (χ1) is 15.3. The van der Waals surface area contributed by atoms with Gasteiger partial charge in [-0.25, -0.2) is 9.18 Å². The summed E-state index contributed by atoms with van der Waals surface area (Å²) in [5.41, 5.74) is 6.35. The molecule has 1 aliphatic rings. The number of ether oxygens (including phenoxy) is 1. The zero-order chi connectivity index (χ0) is 23.0. The summed E-state index contributed by atoms with van der Waals surface area (Å²) in [6.07, 6.45) is -1.26. The Hall–Kier alpha value is -4.33. The maximum atomic E-state index is 13.2. The summed E-state index contributed by atoms with van der Waals surface area (Å²) in [6, 6.07) is 14.2. The Bertz CT molecular complexity index is 1300. The molecule has 0 saturated heterocycles. The van der Waals surface area contributed by atoms with Crippen LogP contribution in [0.25, 0.3) is 0 Å². The molecule has 4 rings (SSSR count). The van der Waals surface area contributed by atoms with Crippen molar-refractivity contribution in [1.82, 2.24) is 0 Å². The van der Waals surface area contributed by atoms with Crippen LogP contribution in [0.4, 0.5) is 15.8 Å². The molecule has 0 aromatic heterocycles. The van der Waals surface area contributed by atoms with Crippen LogP contribution in [0.1, 0.15) is 49.1 Å². The molecule has 0 heterocycles. The van der Waals surface area contributed by atoms with Crippen LogP contribution in [0.15, 0.2) is 60.7 Å². The van der Waals surface area contributed by atoms with Crippen LogP contribution in [0.2, 0.25) is 0 Å². The summed E-state index contributed by atoms with van der Waals surface area (Å²) in [5.74, 6) is -2.95. The van der Waals surface area contributed by atoms with Gasteiger partial charge in [0.25, 0.3) is 5.91 Å². The number of anilines is 2. The fourth-order valence-corrected chi connectivity index (χ4v) is 3.48. The quantitative estimate of drug-likeness (QED) is 0.377. The molecule has 0 fully saturated rings. The van der Waals surface area contributed by atoms with E-state index in [9.17, 15) is 23.6 Å². The Balaban J connectivity index is 1.56. The van der Waals surface area contributed by atoms with E-state index in [1.165, 1.54) is 19.1 Å². The summed E-state index contributed by atoms with van der Waals surface area (Å²) >= 11 is 0. The summed E-state index contributed by atoms with van der Waals surface area (Å²) in [4.78, 5) is 50.8. The Morgan fingerprint density at radius 2 is 1.59 bits per heavy atom. The number of amides is 1. The topological polar surface area (TPSA) is 116 Å². The fraction of sp³-hybridized carbons (Fsp3) is 0.0833. The van der Waals surface area contributed by atoms with Crippen molar-refractivity contribution < 1.29 is 28.3 Å². The van der Waals surface area contributed by atoms with E-state index in [1.807, 2.05) is 0 Å². The molecule has 0 aliphatic heterocycles. The predicted octanol–water partition coefficient (Wildman–Crippen LogP) is 3.37. The van der Waals surface area contributed by atoms with Gasteiger partial charge in [0, 0.05) is 22.4 Å². The lowest BCUT2D eigenvalue weighted by Gasteiger charge is -2.21. The minimum atomic E-state index is -1.26. The molecule has 0 spiro atoms. The largest absolute Gasteiger partial charge is 0.449 e. The molecule has 7 nitrogen and oxygen atoms in total. The average molecular weight is 432 g/mol. The van der Waals surface area contributed by atoms with Crippen LogP contribution in [0.5, 0.6) is 0 Å². The minimum absolute atomic E-state index is 0.0749. The molecule has 1 unspecified atom stereocenters. The molecule has 8 heteroatoms. The number of esters is 1. The number of benzene rings is 3. The Kier molecular flexibility index (Phi) is 5.28. The molecule has 0 radical (unpaired) electrons. The zero-order valence-electron chi connectivity index (χ0n) is 16.8. The lowest BCUT2D eigenvalue weighted by molar-refractivity contribution is -0.123. The molecule has 3 aromatic carbocycles. The van der Waals surface area contributed by atoms with Crippen molar-refractivity contribution in [2.75, 3.05) is 11.1 Å². The smallest absolute Gasteiger partial charge is 0.341 e. The van der Waals surface area contributed by atoms with Crippen LogP contribution in [0, 0.1) is 5.82 Å². The Morgan fingerprint density at radius 1 is 0.938 bits per heavy atom. The van der Waals surface area contributed by atoms with Crippen molar-refractivity contribution >= 4 is 34.8 Å². The predicted molar refractivity (Wildman–Crippen MR) is 114 cm³/mol. The number of rotatable bonds is 4. The number of hydrogen-bond donors (Lipinski definition) is 2. The highest BCUT2D eigenvalue weighted by molar-refractivity contribution is 6.30. The van der Waals surface area contributed by atoms with E-state index >= 15 is 0 Å². The zero-order valence-corrected chi connectivity index (χ0v) is 16.8. The highest BCUT2D eigenvalue weighted by atomic mass is 19.1. The second kappa shape index (κ2) is 8.07. The van der Waals surface area contributed by atoms with Gasteiger partial charge in [-0.3, -0.25) is 14.4 Å². The van der Waals surface area contributed by atoms with E-state index in [2.05, 4.69) is 5.32 Å². The standard InChI is InChI=1S/C24H17FN2O5/c1-12(32-24(31)16-10-9-13(25)11-18(16)26)23(30)27-19-8-4-7-17-20(19)22(29)15-6-3-2-5-14(15)21(17)28/h2-12H,26H2,1H3,(H,27,30). The van der Waals surface area contributed by atoms with Gasteiger partial charge in [0.15, 0.2) is 17.7 Å². The molecular formula is C24H17FN2O5. The van der Waals surface area contributed by atoms with Crippen LogP contribution in [-0.4, -0.2) is 29.5 Å². The fourth-order valence-electron chi connectivity index (χ4n) is 3.48. The summed E-state index contributed by atoms with van der Waals surface area (Å²) in [5, 5.41) is 2.55. The van der Waals surface area contributed by atoms with Gasteiger partial charge in [0.2, 0.25) is 0 Å². The van der Waals surface area contributed by atoms with E-state index in [-0.39, 0.29) is 39.4 Å². The first-order valence-corrected chi connectivity index (χ1v) is 9.66. The lowest BCUT2D eigenvalue weighted by atomic mass is 9.83. The third-order valence-electron chi connectivity index (χ3n) is 5.10. The van der Waals surface area contributed by atoms with Gasteiger partial charge in [-0.05, 0) is 31.2 Å². The third-order valence-corrected chi connectivity index (χ3v) is 5.10. The summed E-state index contributed by atoms with van der Waals surface area (Å²) in [6.45, 7) is 1.34. The van der Waals surface area contributed by atoms with Crippen LogP contribution in [0.3, 0.4) is 0 Å². The van der Waals surface area contributed by atoms with Gasteiger partial charge in [0.1, 0.15) is 5.82 Å². The van der Waals surface area contributed by atoms with Gasteiger partial charge < -0.3 is 15.8 Å². The van der Waals surface area contributed by atoms with Crippen molar-refractivity contribution in [3.8, 4) is 0 Å². The van der Waals surface area contributed by atoms with Crippen molar-refractivity contribution in [2.45, 2.75) is 13.0 Å². The molecule has 3 aromatic rings. The van der Waals surface area contributed by atoms with Crippen LogP contribution < -0.4 is 11.1 Å². The molecule has 3 N–H and O–H groups in total. The molecule has 1 amide bonds. The lowest BCUT2D eigenvalue weighted by Crippen LogP contribution is -2.31. The van der Waals surface area contributed by atoms with E-state index in [0.717, 1.165) is 18.2 Å².